The summed E-state index contributed by atoms with van der Waals surface area (Å²) in [6, 6.07) is 2.98. The summed E-state index contributed by atoms with van der Waals surface area (Å²) < 4.78 is 13.3. The van der Waals surface area contributed by atoms with Crippen molar-refractivity contribution in [3.05, 3.63) is 23.5 Å². The van der Waals surface area contributed by atoms with Crippen molar-refractivity contribution in [3.8, 4) is 0 Å². The average Bonchev–Trinajstić information content (AvgIpc) is 3.07. The van der Waals surface area contributed by atoms with Gasteiger partial charge in [-0.05, 0) is 36.5 Å². The molecule has 0 aromatic heterocycles. The first-order valence-corrected chi connectivity index (χ1v) is 5.13. The summed E-state index contributed by atoms with van der Waals surface area (Å²) in [5.41, 5.74) is 12.2. The molecule has 86 valence electrons. The van der Waals surface area contributed by atoms with Crippen molar-refractivity contribution >= 4 is 11.4 Å². The SMILES string of the molecule is CNNN=Nc1cc(N)c(F)cc1C1CC1. The summed E-state index contributed by atoms with van der Waals surface area (Å²) in [7, 11) is 1.68. The summed E-state index contributed by atoms with van der Waals surface area (Å²) >= 11 is 0. The number of rotatable bonds is 4. The van der Waals surface area contributed by atoms with Gasteiger partial charge in [-0.3, -0.25) is 0 Å². The Morgan fingerprint density at radius 2 is 2.19 bits per heavy atom. The molecular weight excluding hydrogens is 209 g/mol. The highest BCUT2D eigenvalue weighted by Gasteiger charge is 2.27. The highest BCUT2D eigenvalue weighted by molar-refractivity contribution is 5.58. The topological polar surface area (TPSA) is 74.8 Å². The van der Waals surface area contributed by atoms with Gasteiger partial charge in [0.1, 0.15) is 5.82 Å². The van der Waals surface area contributed by atoms with Crippen molar-refractivity contribution in [3.63, 3.8) is 0 Å². The van der Waals surface area contributed by atoms with Crippen molar-refractivity contribution in [1.82, 2.24) is 11.0 Å². The number of nitrogens with zero attached hydrogens (tertiary/aromatic N) is 2. The van der Waals surface area contributed by atoms with Crippen LogP contribution in [0.2, 0.25) is 0 Å². The lowest BCUT2D eigenvalue weighted by Crippen LogP contribution is -2.20. The molecule has 0 amide bonds. The second-order valence-corrected chi connectivity index (χ2v) is 3.77. The minimum absolute atomic E-state index is 0.0998. The third-order valence-electron chi connectivity index (χ3n) is 2.48. The highest BCUT2D eigenvalue weighted by atomic mass is 19.1. The molecule has 0 radical (unpaired) electrons. The molecule has 1 aromatic carbocycles. The smallest absolute Gasteiger partial charge is 0.146 e. The van der Waals surface area contributed by atoms with Crippen LogP contribution in [0.4, 0.5) is 15.8 Å². The maximum Gasteiger partial charge on any atom is 0.146 e. The first-order chi connectivity index (χ1) is 7.72. The molecule has 0 spiro atoms. The first-order valence-electron chi connectivity index (χ1n) is 5.13. The van der Waals surface area contributed by atoms with E-state index < -0.39 is 0 Å². The second kappa shape index (κ2) is 4.44. The molecule has 0 aliphatic heterocycles. The van der Waals surface area contributed by atoms with Crippen LogP contribution in [0.25, 0.3) is 0 Å². The predicted octanol–water partition coefficient (Wildman–Crippen LogP) is 2.01. The van der Waals surface area contributed by atoms with Crippen molar-refractivity contribution in [2.24, 2.45) is 10.3 Å². The predicted molar refractivity (Wildman–Crippen MR) is 59.5 cm³/mol. The van der Waals surface area contributed by atoms with Crippen LogP contribution in [0.1, 0.15) is 24.3 Å². The Morgan fingerprint density at radius 3 is 2.81 bits per heavy atom. The summed E-state index contributed by atoms with van der Waals surface area (Å²) in [5.74, 6) is 0.0149. The van der Waals surface area contributed by atoms with E-state index >= 15 is 0 Å². The van der Waals surface area contributed by atoms with Crippen molar-refractivity contribution in [2.75, 3.05) is 12.8 Å². The Hall–Kier alpha value is -1.69. The number of benzene rings is 1. The lowest BCUT2D eigenvalue weighted by molar-refractivity contribution is 0.600. The number of nitrogen functional groups attached to an aromatic ring is 1. The van der Waals surface area contributed by atoms with Crippen LogP contribution in [-0.4, -0.2) is 7.05 Å². The molecule has 6 heteroatoms. The van der Waals surface area contributed by atoms with Gasteiger partial charge >= 0.3 is 0 Å². The van der Waals surface area contributed by atoms with E-state index in [-0.39, 0.29) is 11.5 Å². The lowest BCUT2D eigenvalue weighted by Gasteiger charge is -2.05. The molecule has 0 bridgehead atoms. The number of hydrogen-bond donors (Lipinski definition) is 3. The minimum atomic E-state index is -0.387. The molecule has 4 N–H and O–H groups in total. The second-order valence-electron chi connectivity index (χ2n) is 3.77. The van der Waals surface area contributed by atoms with Gasteiger partial charge in [0.05, 0.1) is 11.4 Å². The van der Waals surface area contributed by atoms with E-state index in [4.69, 9.17) is 5.73 Å². The first kappa shape index (κ1) is 10.8. The third kappa shape index (κ3) is 2.27. The molecule has 1 aromatic rings. The zero-order valence-electron chi connectivity index (χ0n) is 9.00. The maximum atomic E-state index is 13.3. The standard InChI is InChI=1S/C10H14FN5/c1-13-15-16-14-10-5-9(12)8(11)4-7(10)6-2-3-6/h4-6H,2-3,12H2,1H3,(H,13,16)(H,14,15). The molecule has 0 atom stereocenters. The Morgan fingerprint density at radius 1 is 1.44 bits per heavy atom. The molecule has 2 rings (SSSR count). The van der Waals surface area contributed by atoms with Crippen molar-refractivity contribution in [1.29, 1.82) is 0 Å². The number of hydrazine groups is 1. The normalized spacial score (nSPS) is 15.6. The maximum absolute atomic E-state index is 13.3. The molecule has 1 fully saturated rings. The number of hydrogen-bond acceptors (Lipinski definition) is 4. The molecule has 0 heterocycles. The van der Waals surface area contributed by atoms with Gasteiger partial charge < -0.3 is 5.73 Å². The van der Waals surface area contributed by atoms with Gasteiger partial charge in [-0.25, -0.2) is 15.4 Å². The zero-order valence-corrected chi connectivity index (χ0v) is 9.00. The van der Waals surface area contributed by atoms with E-state index in [1.807, 2.05) is 0 Å². The van der Waals surface area contributed by atoms with Gasteiger partial charge in [0.2, 0.25) is 0 Å². The van der Waals surface area contributed by atoms with Gasteiger partial charge in [0.15, 0.2) is 0 Å². The van der Waals surface area contributed by atoms with Crippen molar-refractivity contribution in [2.45, 2.75) is 18.8 Å². The van der Waals surface area contributed by atoms with Crippen LogP contribution in [0.3, 0.4) is 0 Å². The third-order valence-corrected chi connectivity index (χ3v) is 2.48. The summed E-state index contributed by atoms with van der Waals surface area (Å²) in [6.07, 6.45) is 2.15. The van der Waals surface area contributed by atoms with E-state index in [2.05, 4.69) is 21.3 Å². The van der Waals surface area contributed by atoms with E-state index in [1.54, 1.807) is 7.05 Å². The Labute approximate surface area is 92.9 Å². The Bertz CT molecular complexity index is 414. The fourth-order valence-corrected chi connectivity index (χ4v) is 1.53. The lowest BCUT2D eigenvalue weighted by atomic mass is 10.1. The van der Waals surface area contributed by atoms with Crippen LogP contribution in [0.15, 0.2) is 22.5 Å². The largest absolute Gasteiger partial charge is 0.396 e. The quantitative estimate of drug-likeness (QED) is 0.415. The van der Waals surface area contributed by atoms with Gasteiger partial charge in [0.25, 0.3) is 0 Å². The van der Waals surface area contributed by atoms with Crippen LogP contribution in [0.5, 0.6) is 0 Å². The van der Waals surface area contributed by atoms with E-state index in [0.29, 0.717) is 11.6 Å². The van der Waals surface area contributed by atoms with Crippen molar-refractivity contribution < 1.29 is 4.39 Å². The minimum Gasteiger partial charge on any atom is -0.396 e. The summed E-state index contributed by atoms with van der Waals surface area (Å²) in [6.45, 7) is 0. The van der Waals surface area contributed by atoms with Crippen LogP contribution in [-0.2, 0) is 0 Å². The zero-order chi connectivity index (χ0) is 11.5. The molecule has 1 aliphatic carbocycles. The Balaban J connectivity index is 2.29. The van der Waals surface area contributed by atoms with E-state index in [1.165, 1.54) is 12.1 Å². The molecule has 5 nitrogen and oxygen atoms in total. The van der Waals surface area contributed by atoms with Crippen LogP contribution < -0.4 is 16.7 Å². The highest BCUT2D eigenvalue weighted by Crippen LogP contribution is 2.45. The van der Waals surface area contributed by atoms with Gasteiger partial charge in [-0.1, -0.05) is 5.22 Å². The van der Waals surface area contributed by atoms with Gasteiger partial charge in [0, 0.05) is 7.05 Å². The molecule has 0 unspecified atom stereocenters. The number of nitrogens with two attached hydrogens (primary N) is 1. The van der Waals surface area contributed by atoms with Gasteiger partial charge in [-0.15, -0.1) is 5.11 Å². The fourth-order valence-electron chi connectivity index (χ4n) is 1.53. The molecular formula is C10H14FN5. The fraction of sp³-hybridized carbons (Fsp3) is 0.400. The monoisotopic (exact) mass is 223 g/mol. The number of nitrogens with one attached hydrogen (secondary N) is 2. The summed E-state index contributed by atoms with van der Waals surface area (Å²) in [5, 5.41) is 7.65. The van der Waals surface area contributed by atoms with Crippen LogP contribution in [0, 0.1) is 5.82 Å². The molecule has 1 aliphatic rings. The summed E-state index contributed by atoms with van der Waals surface area (Å²) in [4.78, 5) is 0. The van der Waals surface area contributed by atoms with Gasteiger partial charge in [-0.2, -0.15) is 0 Å². The Kier molecular flexibility index (Phi) is 3.00. The van der Waals surface area contributed by atoms with Crippen LogP contribution >= 0.6 is 0 Å². The average molecular weight is 223 g/mol. The van der Waals surface area contributed by atoms with E-state index in [0.717, 1.165) is 18.4 Å². The number of anilines is 1. The molecule has 1 saturated carbocycles. The van der Waals surface area contributed by atoms with E-state index in [9.17, 15) is 4.39 Å². The number of halogens is 1. The molecule has 0 saturated heterocycles. The molecule has 16 heavy (non-hydrogen) atoms.